The lowest BCUT2D eigenvalue weighted by Gasteiger charge is -2.12. The van der Waals surface area contributed by atoms with Crippen LogP contribution in [-0.2, 0) is 0 Å². The van der Waals surface area contributed by atoms with Gasteiger partial charge in [0, 0.05) is 12.5 Å². The Labute approximate surface area is 112 Å². The number of carbonyl (C=O) groups excluding carboxylic acids is 1. The molecule has 0 amide bonds. The van der Waals surface area contributed by atoms with Crippen LogP contribution < -0.4 is 15.8 Å². The maximum absolute atomic E-state index is 11.8. The molecule has 0 radical (unpaired) electrons. The van der Waals surface area contributed by atoms with Gasteiger partial charge < -0.3 is 15.8 Å². The van der Waals surface area contributed by atoms with Gasteiger partial charge in [-0.3, -0.25) is 4.79 Å². The highest BCUT2D eigenvalue weighted by Gasteiger charge is 2.27. The summed E-state index contributed by atoms with van der Waals surface area (Å²) in [7, 11) is 0. The van der Waals surface area contributed by atoms with Crippen LogP contribution in [0.4, 0.5) is 10.7 Å². The molecule has 5 heteroatoms. The molecule has 0 spiro atoms. The van der Waals surface area contributed by atoms with Crippen molar-refractivity contribution in [2.24, 2.45) is 0 Å². The van der Waals surface area contributed by atoms with Crippen molar-refractivity contribution in [3.05, 3.63) is 4.88 Å². The molecule has 0 atom stereocenters. The van der Waals surface area contributed by atoms with E-state index >= 15 is 0 Å². The van der Waals surface area contributed by atoms with Gasteiger partial charge in [0.1, 0.15) is 5.00 Å². The quantitative estimate of drug-likeness (QED) is 0.777. The number of anilines is 2. The van der Waals surface area contributed by atoms with Crippen molar-refractivity contribution in [1.82, 2.24) is 0 Å². The van der Waals surface area contributed by atoms with Crippen LogP contribution in [0.1, 0.15) is 49.7 Å². The largest absolute Gasteiger partial charge is 0.486 e. The fourth-order valence-electron chi connectivity index (χ4n) is 1.66. The summed E-state index contributed by atoms with van der Waals surface area (Å²) < 4.78 is 5.75. The Bertz CT molecular complexity index is 450. The highest BCUT2D eigenvalue weighted by Crippen LogP contribution is 2.45. The van der Waals surface area contributed by atoms with Gasteiger partial charge in [0.15, 0.2) is 11.5 Å². The van der Waals surface area contributed by atoms with Gasteiger partial charge in [-0.15, -0.1) is 11.3 Å². The van der Waals surface area contributed by atoms with Crippen LogP contribution in [0.5, 0.6) is 5.75 Å². The first-order chi connectivity index (χ1) is 8.52. The zero-order valence-corrected chi connectivity index (χ0v) is 11.9. The number of hydrogen-bond donors (Lipinski definition) is 2. The number of Topliss-reactive ketones (excluding diaryl/α,β-unsaturated/α-hetero) is 1. The van der Waals surface area contributed by atoms with Crippen LogP contribution >= 0.6 is 11.3 Å². The molecule has 1 aliphatic rings. The zero-order valence-electron chi connectivity index (χ0n) is 11.1. The van der Waals surface area contributed by atoms with Crippen LogP contribution in [0.15, 0.2) is 0 Å². The number of hydrogen-bond acceptors (Lipinski definition) is 5. The molecule has 1 saturated carbocycles. The summed E-state index contributed by atoms with van der Waals surface area (Å²) in [6, 6.07) is 0.516. The summed E-state index contributed by atoms with van der Waals surface area (Å²) in [5.74, 6) is 0.730. The minimum atomic E-state index is 0.0474. The Hall–Kier alpha value is -1.23. The molecule has 1 aromatic heterocycles. The van der Waals surface area contributed by atoms with Gasteiger partial charge in [-0.1, -0.05) is 6.92 Å². The molecule has 0 aromatic carbocycles. The van der Waals surface area contributed by atoms with Gasteiger partial charge in [0.05, 0.1) is 16.7 Å². The van der Waals surface area contributed by atoms with Crippen LogP contribution in [0.25, 0.3) is 0 Å². The lowest BCUT2D eigenvalue weighted by atomic mass is 10.2. The topological polar surface area (TPSA) is 64.3 Å². The Kier molecular flexibility index (Phi) is 3.80. The number of nitrogen functional groups attached to an aromatic ring is 1. The van der Waals surface area contributed by atoms with E-state index in [1.807, 2.05) is 20.8 Å². The minimum Gasteiger partial charge on any atom is -0.486 e. The van der Waals surface area contributed by atoms with Gasteiger partial charge >= 0.3 is 0 Å². The second-order valence-corrected chi connectivity index (χ2v) is 5.89. The molecular formula is C13H20N2O2S. The molecule has 18 heavy (non-hydrogen) atoms. The van der Waals surface area contributed by atoms with Crippen molar-refractivity contribution in [3.8, 4) is 5.75 Å². The van der Waals surface area contributed by atoms with Crippen LogP contribution in [0.3, 0.4) is 0 Å². The SMILES string of the molecule is CCC(=O)c1sc(NC2CC2)c(OC(C)C)c1N. The zero-order chi connectivity index (χ0) is 13.3. The maximum Gasteiger partial charge on any atom is 0.177 e. The number of nitrogens with one attached hydrogen (secondary N) is 1. The summed E-state index contributed by atoms with van der Waals surface area (Å²) in [4.78, 5) is 12.5. The average molecular weight is 268 g/mol. The predicted molar refractivity (Wildman–Crippen MR) is 75.8 cm³/mol. The molecule has 3 N–H and O–H groups in total. The van der Waals surface area contributed by atoms with Crippen molar-refractivity contribution in [2.75, 3.05) is 11.1 Å². The number of carbonyl (C=O) groups is 1. The standard InChI is InChI=1S/C13H20N2O2S/c1-4-9(16)12-10(14)11(17-7(2)3)13(18-12)15-8-5-6-8/h7-8,15H,4-6,14H2,1-3H3. The summed E-state index contributed by atoms with van der Waals surface area (Å²) in [5.41, 5.74) is 6.54. The third-order valence-electron chi connectivity index (χ3n) is 2.74. The Morgan fingerprint density at radius 3 is 2.72 bits per heavy atom. The van der Waals surface area contributed by atoms with Crippen molar-refractivity contribution in [1.29, 1.82) is 0 Å². The molecule has 4 nitrogen and oxygen atoms in total. The first-order valence-electron chi connectivity index (χ1n) is 6.41. The van der Waals surface area contributed by atoms with Crippen molar-refractivity contribution >= 4 is 27.8 Å². The lowest BCUT2D eigenvalue weighted by molar-refractivity contribution is 0.0992. The third kappa shape index (κ3) is 2.77. The van der Waals surface area contributed by atoms with E-state index in [9.17, 15) is 4.79 Å². The van der Waals surface area contributed by atoms with E-state index in [2.05, 4.69) is 5.32 Å². The van der Waals surface area contributed by atoms with E-state index in [1.54, 1.807) is 0 Å². The van der Waals surface area contributed by atoms with Crippen LogP contribution in [0, 0.1) is 0 Å². The molecular weight excluding hydrogens is 248 g/mol. The second kappa shape index (κ2) is 5.18. The maximum atomic E-state index is 11.8. The van der Waals surface area contributed by atoms with Crippen LogP contribution in [-0.4, -0.2) is 17.9 Å². The highest BCUT2D eigenvalue weighted by atomic mass is 32.1. The normalized spacial score (nSPS) is 14.9. The van der Waals surface area contributed by atoms with Gasteiger partial charge in [-0.2, -0.15) is 0 Å². The molecule has 0 saturated heterocycles. The molecule has 1 heterocycles. The van der Waals surface area contributed by atoms with E-state index in [4.69, 9.17) is 10.5 Å². The smallest absolute Gasteiger partial charge is 0.177 e. The van der Waals surface area contributed by atoms with E-state index in [0.717, 1.165) is 5.00 Å². The third-order valence-corrected chi connectivity index (χ3v) is 3.90. The van der Waals surface area contributed by atoms with Gasteiger partial charge in [-0.25, -0.2) is 0 Å². The Morgan fingerprint density at radius 2 is 2.22 bits per heavy atom. The van der Waals surface area contributed by atoms with E-state index in [0.29, 0.717) is 28.8 Å². The minimum absolute atomic E-state index is 0.0474. The summed E-state index contributed by atoms with van der Waals surface area (Å²) >= 11 is 1.42. The first kappa shape index (κ1) is 13.2. The number of nitrogens with two attached hydrogens (primary N) is 1. The Morgan fingerprint density at radius 1 is 1.56 bits per heavy atom. The molecule has 1 fully saturated rings. The molecule has 1 aliphatic carbocycles. The average Bonchev–Trinajstić information content (AvgIpc) is 3.08. The number of rotatable bonds is 6. The number of ketones is 1. The van der Waals surface area contributed by atoms with Crippen LogP contribution in [0.2, 0.25) is 0 Å². The fraction of sp³-hybridized carbons (Fsp3) is 0.615. The van der Waals surface area contributed by atoms with E-state index in [-0.39, 0.29) is 11.9 Å². The molecule has 1 aromatic rings. The second-order valence-electron chi connectivity index (χ2n) is 4.87. The van der Waals surface area contributed by atoms with E-state index < -0.39 is 0 Å². The number of ether oxygens (including phenoxy) is 1. The lowest BCUT2D eigenvalue weighted by Crippen LogP contribution is -2.09. The van der Waals surface area contributed by atoms with Gasteiger partial charge in [-0.05, 0) is 26.7 Å². The van der Waals surface area contributed by atoms with Gasteiger partial charge in [0.2, 0.25) is 0 Å². The monoisotopic (exact) mass is 268 g/mol. The fourth-order valence-corrected chi connectivity index (χ4v) is 2.80. The van der Waals surface area contributed by atoms with Crippen molar-refractivity contribution < 1.29 is 9.53 Å². The summed E-state index contributed by atoms with van der Waals surface area (Å²) in [6.07, 6.45) is 2.87. The first-order valence-corrected chi connectivity index (χ1v) is 7.23. The van der Waals surface area contributed by atoms with Crippen molar-refractivity contribution in [3.63, 3.8) is 0 Å². The summed E-state index contributed by atoms with van der Waals surface area (Å²) in [6.45, 7) is 5.76. The molecule has 0 unspecified atom stereocenters. The molecule has 100 valence electrons. The Balaban J connectivity index is 2.32. The highest BCUT2D eigenvalue weighted by molar-refractivity contribution is 7.19. The molecule has 0 bridgehead atoms. The summed E-state index contributed by atoms with van der Waals surface area (Å²) in [5, 5.41) is 4.29. The molecule has 2 rings (SSSR count). The van der Waals surface area contributed by atoms with E-state index in [1.165, 1.54) is 24.2 Å². The number of thiophene rings is 1. The predicted octanol–water partition coefficient (Wildman–Crippen LogP) is 3.28. The molecule has 0 aliphatic heterocycles. The van der Waals surface area contributed by atoms with Gasteiger partial charge in [0.25, 0.3) is 0 Å². The van der Waals surface area contributed by atoms with Crippen molar-refractivity contribution in [2.45, 2.75) is 52.2 Å².